The molecule has 1 aromatic rings. The zero-order valence-corrected chi connectivity index (χ0v) is 13.0. The zero-order chi connectivity index (χ0) is 14.5. The first kappa shape index (κ1) is 15.3. The maximum absolute atomic E-state index is 12.1. The SMILES string of the molecule is CC[NH+]1CC[NH+](CC(=O)Nc2cc(Cl)ccc2C)CC1. The molecule has 0 atom stereocenters. The Morgan fingerprint density at radius 3 is 2.55 bits per heavy atom. The molecule has 20 heavy (non-hydrogen) atoms. The van der Waals surface area contributed by atoms with E-state index in [4.69, 9.17) is 11.6 Å². The second kappa shape index (κ2) is 7.07. The van der Waals surface area contributed by atoms with Crippen molar-refractivity contribution < 1.29 is 14.6 Å². The van der Waals surface area contributed by atoms with E-state index >= 15 is 0 Å². The van der Waals surface area contributed by atoms with Gasteiger partial charge < -0.3 is 15.1 Å². The lowest BCUT2D eigenvalue weighted by Gasteiger charge is -2.28. The number of anilines is 1. The van der Waals surface area contributed by atoms with Gasteiger partial charge in [-0.15, -0.1) is 0 Å². The Labute approximate surface area is 125 Å². The van der Waals surface area contributed by atoms with Crippen molar-refractivity contribution in [3.8, 4) is 0 Å². The number of benzene rings is 1. The molecule has 1 amide bonds. The van der Waals surface area contributed by atoms with Gasteiger partial charge in [0.15, 0.2) is 6.54 Å². The third-order valence-electron chi connectivity index (χ3n) is 4.05. The van der Waals surface area contributed by atoms with E-state index in [0.29, 0.717) is 11.6 Å². The predicted octanol–water partition coefficient (Wildman–Crippen LogP) is -0.610. The lowest BCUT2D eigenvalue weighted by molar-refractivity contribution is -1.01. The first-order chi connectivity index (χ1) is 9.58. The molecule has 0 spiro atoms. The van der Waals surface area contributed by atoms with Crippen molar-refractivity contribution in [1.82, 2.24) is 0 Å². The van der Waals surface area contributed by atoms with Crippen molar-refractivity contribution in [1.29, 1.82) is 0 Å². The molecule has 0 radical (unpaired) electrons. The van der Waals surface area contributed by atoms with Crippen LogP contribution >= 0.6 is 11.6 Å². The smallest absolute Gasteiger partial charge is 0.279 e. The van der Waals surface area contributed by atoms with E-state index in [2.05, 4.69) is 12.2 Å². The Kier molecular flexibility index (Phi) is 5.40. The fraction of sp³-hybridized carbons (Fsp3) is 0.533. The maximum Gasteiger partial charge on any atom is 0.279 e. The van der Waals surface area contributed by atoms with Gasteiger partial charge in [0.05, 0.1) is 6.54 Å². The summed E-state index contributed by atoms with van der Waals surface area (Å²) >= 11 is 5.96. The largest absolute Gasteiger partial charge is 0.326 e. The monoisotopic (exact) mass is 297 g/mol. The third-order valence-corrected chi connectivity index (χ3v) is 4.28. The van der Waals surface area contributed by atoms with Crippen LogP contribution < -0.4 is 15.1 Å². The highest BCUT2D eigenvalue weighted by atomic mass is 35.5. The van der Waals surface area contributed by atoms with Crippen LogP contribution in [-0.2, 0) is 4.79 Å². The zero-order valence-electron chi connectivity index (χ0n) is 12.3. The molecule has 0 unspecified atom stereocenters. The number of likely N-dealkylation sites (N-methyl/N-ethyl adjacent to an activating group) is 1. The van der Waals surface area contributed by atoms with Crippen LogP contribution in [0.3, 0.4) is 0 Å². The molecule has 2 rings (SSSR count). The molecule has 1 saturated heterocycles. The van der Waals surface area contributed by atoms with Gasteiger partial charge in [-0.1, -0.05) is 17.7 Å². The number of quaternary nitrogens is 2. The van der Waals surface area contributed by atoms with Gasteiger partial charge in [0.2, 0.25) is 0 Å². The van der Waals surface area contributed by atoms with E-state index in [1.807, 2.05) is 25.1 Å². The van der Waals surface area contributed by atoms with E-state index in [0.717, 1.165) is 37.4 Å². The van der Waals surface area contributed by atoms with Gasteiger partial charge in [-0.2, -0.15) is 0 Å². The molecule has 1 aromatic carbocycles. The van der Waals surface area contributed by atoms with Crippen LogP contribution in [0, 0.1) is 6.92 Å². The summed E-state index contributed by atoms with van der Waals surface area (Å²) in [4.78, 5) is 15.1. The Bertz CT molecular complexity index is 470. The Morgan fingerprint density at radius 2 is 1.90 bits per heavy atom. The number of amides is 1. The molecule has 0 aromatic heterocycles. The van der Waals surface area contributed by atoms with Gasteiger partial charge in [0.25, 0.3) is 5.91 Å². The van der Waals surface area contributed by atoms with Crippen LogP contribution in [-0.4, -0.2) is 45.2 Å². The van der Waals surface area contributed by atoms with Crippen LogP contribution in [0.1, 0.15) is 12.5 Å². The van der Waals surface area contributed by atoms with Crippen LogP contribution in [0.25, 0.3) is 0 Å². The summed E-state index contributed by atoms with van der Waals surface area (Å²) in [6.45, 7) is 10.4. The first-order valence-electron chi connectivity index (χ1n) is 7.31. The van der Waals surface area contributed by atoms with Crippen molar-refractivity contribution >= 4 is 23.2 Å². The number of rotatable bonds is 4. The van der Waals surface area contributed by atoms with Crippen LogP contribution in [0.15, 0.2) is 18.2 Å². The van der Waals surface area contributed by atoms with Gasteiger partial charge in [-0.25, -0.2) is 0 Å². The summed E-state index contributed by atoms with van der Waals surface area (Å²) in [5.41, 5.74) is 1.86. The number of aryl methyl sites for hydroxylation is 1. The maximum atomic E-state index is 12.1. The highest BCUT2D eigenvalue weighted by molar-refractivity contribution is 6.31. The number of nitrogens with one attached hydrogen (secondary N) is 3. The van der Waals surface area contributed by atoms with Crippen LogP contribution in [0.5, 0.6) is 0 Å². The molecular weight excluding hydrogens is 274 g/mol. The van der Waals surface area contributed by atoms with E-state index in [-0.39, 0.29) is 5.91 Å². The molecule has 5 heteroatoms. The summed E-state index contributed by atoms with van der Waals surface area (Å²) in [6, 6.07) is 5.57. The van der Waals surface area contributed by atoms with Crippen molar-refractivity contribution in [3.05, 3.63) is 28.8 Å². The number of carbonyl (C=O) groups excluding carboxylic acids is 1. The van der Waals surface area contributed by atoms with Gasteiger partial charge in [0, 0.05) is 10.7 Å². The Hall–Kier alpha value is -1.10. The first-order valence-corrected chi connectivity index (χ1v) is 7.69. The van der Waals surface area contributed by atoms with Crippen molar-refractivity contribution in [2.24, 2.45) is 0 Å². The molecule has 0 bridgehead atoms. The predicted molar refractivity (Wildman–Crippen MR) is 81.6 cm³/mol. The molecule has 1 aliphatic rings. The van der Waals surface area contributed by atoms with Crippen molar-refractivity contribution in [3.63, 3.8) is 0 Å². The average Bonchev–Trinajstić information content (AvgIpc) is 2.43. The third kappa shape index (κ3) is 4.20. The molecule has 0 aliphatic carbocycles. The van der Waals surface area contributed by atoms with Crippen molar-refractivity contribution in [2.75, 3.05) is 44.6 Å². The highest BCUT2D eigenvalue weighted by Crippen LogP contribution is 2.19. The molecule has 0 saturated carbocycles. The standard InChI is InChI=1S/C15H22ClN3O/c1-3-18-6-8-19(9-7-18)11-15(20)17-14-10-13(16)5-4-12(14)2/h4-5,10H,3,6-9,11H2,1-2H3,(H,17,20)/p+2. The molecule has 3 N–H and O–H groups in total. The minimum Gasteiger partial charge on any atom is -0.326 e. The quantitative estimate of drug-likeness (QED) is 0.682. The number of hydrogen-bond donors (Lipinski definition) is 3. The molecule has 1 fully saturated rings. The molecule has 1 heterocycles. The summed E-state index contributed by atoms with van der Waals surface area (Å²) in [5, 5.41) is 3.62. The number of halogens is 1. The second-order valence-corrected chi connectivity index (χ2v) is 5.97. The minimum atomic E-state index is 0.0744. The van der Waals surface area contributed by atoms with E-state index in [1.54, 1.807) is 4.90 Å². The number of carbonyl (C=O) groups is 1. The summed E-state index contributed by atoms with van der Waals surface area (Å²) in [5.74, 6) is 0.0744. The topological polar surface area (TPSA) is 38.0 Å². The number of hydrogen-bond acceptors (Lipinski definition) is 1. The lowest BCUT2D eigenvalue weighted by atomic mass is 10.2. The summed E-state index contributed by atoms with van der Waals surface area (Å²) in [6.07, 6.45) is 0. The van der Waals surface area contributed by atoms with E-state index < -0.39 is 0 Å². The summed E-state index contributed by atoms with van der Waals surface area (Å²) in [7, 11) is 0. The highest BCUT2D eigenvalue weighted by Gasteiger charge is 2.23. The minimum absolute atomic E-state index is 0.0744. The van der Waals surface area contributed by atoms with Gasteiger partial charge in [-0.3, -0.25) is 4.79 Å². The fourth-order valence-corrected chi connectivity index (χ4v) is 2.81. The molecule has 110 valence electrons. The van der Waals surface area contributed by atoms with Gasteiger partial charge in [-0.05, 0) is 31.5 Å². The Morgan fingerprint density at radius 1 is 1.25 bits per heavy atom. The van der Waals surface area contributed by atoms with Crippen LogP contribution in [0.2, 0.25) is 5.02 Å². The lowest BCUT2D eigenvalue weighted by Crippen LogP contribution is -3.28. The van der Waals surface area contributed by atoms with Crippen molar-refractivity contribution in [2.45, 2.75) is 13.8 Å². The molecule has 1 aliphatic heterocycles. The van der Waals surface area contributed by atoms with E-state index in [9.17, 15) is 4.79 Å². The van der Waals surface area contributed by atoms with Gasteiger partial charge in [0.1, 0.15) is 26.2 Å². The van der Waals surface area contributed by atoms with Gasteiger partial charge >= 0.3 is 0 Å². The molecule has 4 nitrogen and oxygen atoms in total. The number of piperazine rings is 1. The Balaban J connectivity index is 1.85. The van der Waals surface area contributed by atoms with Crippen LogP contribution in [0.4, 0.5) is 5.69 Å². The normalized spacial score (nSPS) is 22.6. The second-order valence-electron chi connectivity index (χ2n) is 5.54. The molecular formula is C15H24ClN3O+2. The summed E-state index contributed by atoms with van der Waals surface area (Å²) < 4.78 is 0. The van der Waals surface area contributed by atoms with E-state index in [1.165, 1.54) is 11.4 Å². The average molecular weight is 298 g/mol. The fourth-order valence-electron chi connectivity index (χ4n) is 2.64.